The molecule has 0 radical (unpaired) electrons. The third-order valence-electron chi connectivity index (χ3n) is 4.65. The van der Waals surface area contributed by atoms with Crippen molar-refractivity contribution in [1.82, 2.24) is 15.1 Å². The number of aryl methyl sites for hydroxylation is 2. The SMILES string of the molecule is CCc1ccc(CN(CCOC)C(=O)Nc2cccc3nnc(C)cc23)cc1. The summed E-state index contributed by atoms with van der Waals surface area (Å²) in [6.45, 7) is 5.50. The van der Waals surface area contributed by atoms with Crippen LogP contribution in [0.5, 0.6) is 0 Å². The zero-order chi connectivity index (χ0) is 19.9. The number of hydrogen-bond acceptors (Lipinski definition) is 4. The highest BCUT2D eigenvalue weighted by molar-refractivity contribution is 6.00. The number of methoxy groups -OCH3 is 1. The van der Waals surface area contributed by atoms with Gasteiger partial charge in [0, 0.05) is 25.6 Å². The molecule has 0 aliphatic rings. The Hall–Kier alpha value is -2.99. The number of urea groups is 1. The topological polar surface area (TPSA) is 67.3 Å². The highest BCUT2D eigenvalue weighted by atomic mass is 16.5. The summed E-state index contributed by atoms with van der Waals surface area (Å²) < 4.78 is 5.19. The summed E-state index contributed by atoms with van der Waals surface area (Å²) in [6.07, 6.45) is 0.998. The van der Waals surface area contributed by atoms with E-state index in [1.54, 1.807) is 12.0 Å². The van der Waals surface area contributed by atoms with Gasteiger partial charge in [0.2, 0.25) is 0 Å². The van der Waals surface area contributed by atoms with Crippen molar-refractivity contribution in [3.8, 4) is 0 Å². The van der Waals surface area contributed by atoms with Crippen molar-refractivity contribution in [2.75, 3.05) is 25.6 Å². The van der Waals surface area contributed by atoms with E-state index in [9.17, 15) is 4.79 Å². The van der Waals surface area contributed by atoms with Crippen molar-refractivity contribution in [3.63, 3.8) is 0 Å². The minimum atomic E-state index is -0.168. The molecule has 146 valence electrons. The van der Waals surface area contributed by atoms with Gasteiger partial charge in [-0.15, -0.1) is 0 Å². The van der Waals surface area contributed by atoms with E-state index in [0.29, 0.717) is 19.7 Å². The molecule has 0 aliphatic carbocycles. The normalized spacial score (nSPS) is 10.8. The molecule has 0 saturated heterocycles. The molecule has 0 unspecified atom stereocenters. The number of rotatable bonds is 7. The summed E-state index contributed by atoms with van der Waals surface area (Å²) in [4.78, 5) is 14.8. The maximum absolute atomic E-state index is 13.0. The van der Waals surface area contributed by atoms with Crippen LogP contribution >= 0.6 is 0 Å². The van der Waals surface area contributed by atoms with E-state index in [-0.39, 0.29) is 6.03 Å². The molecule has 2 aromatic carbocycles. The molecule has 0 bridgehead atoms. The van der Waals surface area contributed by atoms with Crippen LogP contribution in [0.3, 0.4) is 0 Å². The van der Waals surface area contributed by atoms with E-state index < -0.39 is 0 Å². The summed E-state index contributed by atoms with van der Waals surface area (Å²) in [5, 5.41) is 12.2. The van der Waals surface area contributed by atoms with Gasteiger partial charge >= 0.3 is 6.03 Å². The molecule has 0 spiro atoms. The Morgan fingerprint density at radius 3 is 2.57 bits per heavy atom. The van der Waals surface area contributed by atoms with Gasteiger partial charge in [0.15, 0.2) is 0 Å². The van der Waals surface area contributed by atoms with Gasteiger partial charge in [-0.25, -0.2) is 4.79 Å². The third-order valence-corrected chi connectivity index (χ3v) is 4.65. The summed E-state index contributed by atoms with van der Waals surface area (Å²) in [5.74, 6) is 0. The lowest BCUT2D eigenvalue weighted by Gasteiger charge is -2.23. The third kappa shape index (κ3) is 4.84. The van der Waals surface area contributed by atoms with Gasteiger partial charge in [0.05, 0.1) is 23.5 Å². The van der Waals surface area contributed by atoms with Crippen LogP contribution in [0, 0.1) is 6.92 Å². The molecular weight excluding hydrogens is 352 g/mol. The molecule has 0 atom stereocenters. The Morgan fingerprint density at radius 1 is 1.11 bits per heavy atom. The molecule has 28 heavy (non-hydrogen) atoms. The first-order valence-corrected chi connectivity index (χ1v) is 9.46. The number of ether oxygens (including phenoxy) is 1. The molecule has 2 amide bonds. The summed E-state index contributed by atoms with van der Waals surface area (Å²) in [7, 11) is 1.64. The quantitative estimate of drug-likeness (QED) is 0.670. The van der Waals surface area contributed by atoms with Crippen LogP contribution in [0.25, 0.3) is 10.9 Å². The van der Waals surface area contributed by atoms with E-state index in [1.165, 1.54) is 5.56 Å². The number of nitrogens with one attached hydrogen (secondary N) is 1. The second-order valence-corrected chi connectivity index (χ2v) is 6.74. The zero-order valence-electron chi connectivity index (χ0n) is 16.6. The highest BCUT2D eigenvalue weighted by Crippen LogP contribution is 2.22. The number of carbonyl (C=O) groups excluding carboxylic acids is 1. The highest BCUT2D eigenvalue weighted by Gasteiger charge is 2.15. The summed E-state index contributed by atoms with van der Waals surface area (Å²) in [5.41, 5.74) is 4.65. The van der Waals surface area contributed by atoms with Crippen LogP contribution < -0.4 is 5.32 Å². The van der Waals surface area contributed by atoms with Crippen LogP contribution in [-0.2, 0) is 17.7 Å². The van der Waals surface area contributed by atoms with Crippen molar-refractivity contribution >= 4 is 22.6 Å². The molecule has 3 aromatic rings. The average Bonchev–Trinajstić information content (AvgIpc) is 2.72. The maximum atomic E-state index is 13.0. The van der Waals surface area contributed by atoms with Gasteiger partial charge in [0.25, 0.3) is 0 Å². The molecule has 6 nitrogen and oxygen atoms in total. The van der Waals surface area contributed by atoms with Crippen molar-refractivity contribution in [1.29, 1.82) is 0 Å². The number of nitrogens with zero attached hydrogens (tertiary/aromatic N) is 3. The fourth-order valence-corrected chi connectivity index (χ4v) is 3.02. The molecular formula is C22H26N4O2. The van der Waals surface area contributed by atoms with E-state index in [0.717, 1.165) is 34.3 Å². The molecule has 6 heteroatoms. The standard InChI is InChI=1S/C22H26N4O2/c1-4-17-8-10-18(11-9-17)15-26(12-13-28-3)22(27)23-20-6-5-7-21-19(20)14-16(2)24-25-21/h5-11,14H,4,12-13,15H2,1-3H3,(H,23,27). The molecule has 0 saturated carbocycles. The fraction of sp³-hybridized carbons (Fsp3) is 0.318. The number of amides is 2. The predicted octanol–water partition coefficient (Wildman–Crippen LogP) is 4.18. The largest absolute Gasteiger partial charge is 0.383 e. The average molecular weight is 378 g/mol. The lowest BCUT2D eigenvalue weighted by atomic mass is 10.1. The first-order chi connectivity index (χ1) is 13.6. The first-order valence-electron chi connectivity index (χ1n) is 9.46. The second kappa shape index (κ2) is 9.28. The van der Waals surface area contributed by atoms with Gasteiger partial charge in [-0.05, 0) is 42.7 Å². The van der Waals surface area contributed by atoms with Crippen LogP contribution in [0.15, 0.2) is 48.5 Å². The molecule has 3 rings (SSSR count). The van der Waals surface area contributed by atoms with Crippen LogP contribution in [0.1, 0.15) is 23.7 Å². The minimum Gasteiger partial charge on any atom is -0.383 e. The van der Waals surface area contributed by atoms with Crippen LogP contribution in [-0.4, -0.2) is 41.4 Å². The lowest BCUT2D eigenvalue weighted by molar-refractivity contribution is 0.153. The van der Waals surface area contributed by atoms with Gasteiger partial charge in [-0.2, -0.15) is 10.2 Å². The first kappa shape index (κ1) is 19.8. The van der Waals surface area contributed by atoms with Gasteiger partial charge in [-0.3, -0.25) is 0 Å². The Bertz CT molecular complexity index is 941. The number of fused-ring (bicyclic) bond motifs is 1. The summed E-state index contributed by atoms with van der Waals surface area (Å²) in [6, 6.07) is 15.7. The Labute approximate surface area is 165 Å². The Kier molecular flexibility index (Phi) is 6.55. The van der Waals surface area contributed by atoms with E-state index in [4.69, 9.17) is 4.74 Å². The number of carbonyl (C=O) groups is 1. The van der Waals surface area contributed by atoms with Crippen molar-refractivity contribution in [2.45, 2.75) is 26.8 Å². The van der Waals surface area contributed by atoms with Gasteiger partial charge in [0.1, 0.15) is 0 Å². The van der Waals surface area contributed by atoms with Crippen molar-refractivity contribution in [2.24, 2.45) is 0 Å². The lowest BCUT2D eigenvalue weighted by Crippen LogP contribution is -2.36. The number of hydrogen-bond donors (Lipinski definition) is 1. The monoisotopic (exact) mass is 378 g/mol. The smallest absolute Gasteiger partial charge is 0.322 e. The fourth-order valence-electron chi connectivity index (χ4n) is 3.02. The van der Waals surface area contributed by atoms with E-state index in [1.807, 2.05) is 31.2 Å². The van der Waals surface area contributed by atoms with Crippen LogP contribution in [0.2, 0.25) is 0 Å². The molecule has 1 N–H and O–H groups in total. The Morgan fingerprint density at radius 2 is 1.86 bits per heavy atom. The molecule has 0 aliphatic heterocycles. The predicted molar refractivity (Wildman–Crippen MR) is 111 cm³/mol. The Balaban J connectivity index is 1.80. The zero-order valence-corrected chi connectivity index (χ0v) is 16.6. The van der Waals surface area contributed by atoms with Crippen LogP contribution in [0.4, 0.5) is 10.5 Å². The molecule has 1 heterocycles. The maximum Gasteiger partial charge on any atom is 0.322 e. The number of benzene rings is 2. The number of aromatic nitrogens is 2. The van der Waals surface area contributed by atoms with Crippen molar-refractivity contribution in [3.05, 3.63) is 65.4 Å². The number of anilines is 1. The molecule has 1 aromatic heterocycles. The molecule has 0 fully saturated rings. The minimum absolute atomic E-state index is 0.168. The van der Waals surface area contributed by atoms with Crippen molar-refractivity contribution < 1.29 is 9.53 Å². The van der Waals surface area contributed by atoms with Gasteiger partial charge in [-0.1, -0.05) is 37.3 Å². The van der Waals surface area contributed by atoms with E-state index in [2.05, 4.69) is 46.7 Å². The summed E-state index contributed by atoms with van der Waals surface area (Å²) >= 11 is 0. The van der Waals surface area contributed by atoms with E-state index >= 15 is 0 Å². The van der Waals surface area contributed by atoms with Gasteiger partial charge < -0.3 is 15.0 Å². The second-order valence-electron chi connectivity index (χ2n) is 6.74.